The molecule has 0 amide bonds. The molecule has 0 radical (unpaired) electrons. The van der Waals surface area contributed by atoms with Gasteiger partial charge in [0.25, 0.3) is 0 Å². The first-order valence-corrected chi connectivity index (χ1v) is 16.6. The largest absolute Gasteiger partial charge is 0.494 e. The van der Waals surface area contributed by atoms with Crippen molar-refractivity contribution in [2.75, 3.05) is 13.2 Å². The van der Waals surface area contributed by atoms with Gasteiger partial charge in [-0.25, -0.2) is 4.42 Å². The Hall–Kier alpha value is -2.81. The number of unbranched alkanes of at least 4 members (excludes halogenated alkanes) is 14. The lowest BCUT2D eigenvalue weighted by molar-refractivity contribution is 0.304. The van der Waals surface area contributed by atoms with Gasteiger partial charge in [0.2, 0.25) is 0 Å². The highest BCUT2D eigenvalue weighted by atomic mass is 16.5. The predicted octanol–water partition coefficient (Wildman–Crippen LogP) is 12.2. The highest BCUT2D eigenvalue weighted by Crippen LogP contribution is 2.30. The van der Waals surface area contributed by atoms with Crippen LogP contribution in [0.1, 0.15) is 122 Å². The molecule has 0 N–H and O–H groups in total. The van der Waals surface area contributed by atoms with Crippen molar-refractivity contribution in [1.29, 1.82) is 0 Å². The second kappa shape index (κ2) is 20.1. The van der Waals surface area contributed by atoms with Gasteiger partial charge in [0, 0.05) is 11.6 Å². The molecule has 41 heavy (non-hydrogen) atoms. The first kappa shape index (κ1) is 32.7. The lowest BCUT2D eigenvalue weighted by Crippen LogP contribution is -1.97. The maximum atomic E-state index is 6.10. The molecular weight excluding hydrogens is 504 g/mol. The number of rotatable bonds is 22. The minimum absolute atomic E-state index is 0.784. The van der Waals surface area contributed by atoms with Crippen LogP contribution < -0.4 is 9.47 Å². The van der Waals surface area contributed by atoms with Gasteiger partial charge in [-0.2, -0.15) is 0 Å². The molecule has 0 fully saturated rings. The van der Waals surface area contributed by atoms with E-state index in [1.165, 1.54) is 89.9 Å². The SMILES string of the molecule is CCCCCCCCCCOc1ccc(-c2cc(C)[o+]c(-c3ccc(OCCCCCCCCCC)cc3)c2)cc1. The minimum Gasteiger partial charge on any atom is -0.494 e. The normalized spacial score (nSPS) is 11.1. The summed E-state index contributed by atoms with van der Waals surface area (Å²) in [5, 5.41) is 0. The minimum atomic E-state index is 0.784. The number of aryl methyl sites for hydroxylation is 1. The Balaban J connectivity index is 1.42. The average Bonchev–Trinajstić information content (AvgIpc) is 3.00. The molecule has 0 bridgehead atoms. The number of benzene rings is 2. The summed E-state index contributed by atoms with van der Waals surface area (Å²) in [6, 6.07) is 21.0. The van der Waals surface area contributed by atoms with E-state index in [1.807, 2.05) is 6.92 Å². The molecule has 3 rings (SSSR count). The van der Waals surface area contributed by atoms with E-state index in [9.17, 15) is 0 Å². The lowest BCUT2D eigenvalue weighted by Gasteiger charge is -2.08. The lowest BCUT2D eigenvalue weighted by atomic mass is 10.0. The van der Waals surface area contributed by atoms with Gasteiger partial charge in [0.15, 0.2) is 0 Å². The summed E-state index contributed by atoms with van der Waals surface area (Å²) in [5.41, 5.74) is 3.36. The van der Waals surface area contributed by atoms with Crippen LogP contribution in [0, 0.1) is 6.92 Å². The fourth-order valence-electron chi connectivity index (χ4n) is 5.25. The van der Waals surface area contributed by atoms with Gasteiger partial charge in [0.05, 0.1) is 31.8 Å². The van der Waals surface area contributed by atoms with Crippen LogP contribution in [0.3, 0.4) is 0 Å². The molecule has 0 saturated heterocycles. The fourth-order valence-corrected chi connectivity index (χ4v) is 5.25. The Kier molecular flexibility index (Phi) is 16.1. The summed E-state index contributed by atoms with van der Waals surface area (Å²) in [6.07, 6.45) is 21.0. The van der Waals surface area contributed by atoms with Crippen molar-refractivity contribution >= 4 is 0 Å². The van der Waals surface area contributed by atoms with Gasteiger partial charge in [0.1, 0.15) is 11.5 Å². The molecule has 0 aliphatic heterocycles. The zero-order valence-electron chi connectivity index (χ0n) is 26.2. The monoisotopic (exact) mass is 559 g/mol. The molecule has 3 aromatic rings. The van der Waals surface area contributed by atoms with Crippen molar-refractivity contribution in [2.45, 2.75) is 124 Å². The van der Waals surface area contributed by atoms with Crippen LogP contribution in [0.4, 0.5) is 0 Å². The van der Waals surface area contributed by atoms with E-state index in [4.69, 9.17) is 13.9 Å². The molecule has 1 heterocycles. The van der Waals surface area contributed by atoms with E-state index in [0.29, 0.717) is 0 Å². The fraction of sp³-hybridized carbons (Fsp3) is 0.553. The first-order valence-electron chi connectivity index (χ1n) is 16.6. The van der Waals surface area contributed by atoms with Crippen molar-refractivity contribution in [2.24, 2.45) is 0 Å². The summed E-state index contributed by atoms with van der Waals surface area (Å²) in [4.78, 5) is 0. The summed E-state index contributed by atoms with van der Waals surface area (Å²) in [7, 11) is 0. The van der Waals surface area contributed by atoms with Crippen molar-refractivity contribution in [3.8, 4) is 33.9 Å². The molecule has 0 saturated carbocycles. The molecule has 2 aromatic carbocycles. The molecule has 3 nitrogen and oxygen atoms in total. The Morgan fingerprint density at radius 3 is 1.34 bits per heavy atom. The molecule has 0 aliphatic carbocycles. The first-order chi connectivity index (χ1) is 20.2. The van der Waals surface area contributed by atoms with E-state index in [1.54, 1.807) is 0 Å². The van der Waals surface area contributed by atoms with E-state index >= 15 is 0 Å². The Labute approximate surface area is 250 Å². The zero-order valence-corrected chi connectivity index (χ0v) is 26.2. The Morgan fingerprint density at radius 1 is 0.463 bits per heavy atom. The zero-order chi connectivity index (χ0) is 29.0. The summed E-state index contributed by atoms with van der Waals surface area (Å²) < 4.78 is 18.1. The standard InChI is InChI=1S/C38H55O3/c1-4-6-8-10-12-14-16-18-28-39-36-24-20-33(21-25-36)35-30-32(3)41-38(31-35)34-22-26-37(27-23-34)40-29-19-17-15-13-11-9-7-5-2/h20-27,30-31H,4-19,28-29H2,1-3H3/q+1. The third kappa shape index (κ3) is 13.1. The van der Waals surface area contributed by atoms with Crippen LogP contribution in [0.15, 0.2) is 65.1 Å². The van der Waals surface area contributed by atoms with Crippen LogP contribution in [0.25, 0.3) is 22.5 Å². The van der Waals surface area contributed by atoms with Crippen molar-refractivity contribution < 1.29 is 13.9 Å². The van der Waals surface area contributed by atoms with Crippen LogP contribution in [-0.2, 0) is 0 Å². The van der Waals surface area contributed by atoms with Crippen molar-refractivity contribution in [3.63, 3.8) is 0 Å². The molecular formula is C38H55O3+. The smallest absolute Gasteiger partial charge is 0.360 e. The van der Waals surface area contributed by atoms with Crippen molar-refractivity contribution in [1.82, 2.24) is 0 Å². The Bertz CT molecular complexity index is 988. The van der Waals surface area contributed by atoms with Gasteiger partial charge < -0.3 is 9.47 Å². The third-order valence-electron chi connectivity index (χ3n) is 7.78. The Morgan fingerprint density at radius 2 is 0.878 bits per heavy atom. The maximum Gasteiger partial charge on any atom is 0.360 e. The summed E-state index contributed by atoms with van der Waals surface area (Å²) >= 11 is 0. The molecule has 224 valence electrons. The quantitative estimate of drug-likeness (QED) is 0.0905. The van der Waals surface area contributed by atoms with E-state index in [-0.39, 0.29) is 0 Å². The summed E-state index contributed by atoms with van der Waals surface area (Å²) in [6.45, 7) is 8.12. The predicted molar refractivity (Wildman–Crippen MR) is 175 cm³/mol. The van der Waals surface area contributed by atoms with Gasteiger partial charge in [-0.15, -0.1) is 0 Å². The van der Waals surface area contributed by atoms with E-state index < -0.39 is 0 Å². The van der Waals surface area contributed by atoms with Crippen LogP contribution in [0.2, 0.25) is 0 Å². The van der Waals surface area contributed by atoms with E-state index in [0.717, 1.165) is 65.8 Å². The van der Waals surface area contributed by atoms with E-state index in [2.05, 4.69) is 74.5 Å². The highest BCUT2D eigenvalue weighted by molar-refractivity contribution is 5.70. The van der Waals surface area contributed by atoms with Crippen LogP contribution in [0.5, 0.6) is 11.5 Å². The highest BCUT2D eigenvalue weighted by Gasteiger charge is 2.16. The topological polar surface area (TPSA) is 29.8 Å². The number of hydrogen-bond donors (Lipinski definition) is 0. The van der Waals surface area contributed by atoms with Crippen LogP contribution in [-0.4, -0.2) is 13.2 Å². The number of ether oxygens (including phenoxy) is 2. The average molecular weight is 560 g/mol. The van der Waals surface area contributed by atoms with Crippen molar-refractivity contribution in [3.05, 3.63) is 66.4 Å². The van der Waals surface area contributed by atoms with Gasteiger partial charge in [-0.3, -0.25) is 0 Å². The molecule has 1 aromatic heterocycles. The second-order valence-corrected chi connectivity index (χ2v) is 11.5. The molecule has 0 unspecified atom stereocenters. The van der Waals surface area contributed by atoms with Gasteiger partial charge >= 0.3 is 11.5 Å². The molecule has 0 atom stereocenters. The molecule has 0 aliphatic rings. The van der Waals surface area contributed by atoms with Gasteiger partial charge in [-0.05, 0) is 54.8 Å². The number of hydrogen-bond acceptors (Lipinski definition) is 2. The van der Waals surface area contributed by atoms with Crippen LogP contribution >= 0.6 is 0 Å². The molecule has 3 heteroatoms. The summed E-state index contributed by atoms with van der Waals surface area (Å²) in [5.74, 6) is 3.62. The molecule has 0 spiro atoms. The maximum absolute atomic E-state index is 6.10. The van der Waals surface area contributed by atoms with Gasteiger partial charge in [-0.1, -0.05) is 116 Å². The second-order valence-electron chi connectivity index (χ2n) is 11.5. The third-order valence-corrected chi connectivity index (χ3v) is 7.78.